The van der Waals surface area contributed by atoms with Crippen molar-refractivity contribution in [2.24, 2.45) is 0 Å². The molecule has 0 bridgehead atoms. The highest BCUT2D eigenvalue weighted by molar-refractivity contribution is 7.80. The van der Waals surface area contributed by atoms with Gasteiger partial charge < -0.3 is 9.30 Å². The molecule has 0 radical (unpaired) electrons. The molecule has 1 saturated heterocycles. The smallest absolute Gasteiger partial charge is 0.416 e. The number of anilines is 1. The third-order valence-electron chi connectivity index (χ3n) is 5.92. The molecule has 1 fully saturated rings. The second-order valence-corrected chi connectivity index (χ2v) is 8.83. The SMILES string of the molecule is CCOC(=O)c1cccc(-n2c(C)cc(/C=C3\C(=O)NC(=S)N(c4cccc(C(F)(F)F)c4)C3=O)c2C)c1. The lowest BCUT2D eigenvalue weighted by Crippen LogP contribution is -2.54. The molecule has 1 aromatic heterocycles. The summed E-state index contributed by atoms with van der Waals surface area (Å²) in [5.41, 5.74) is 1.60. The summed E-state index contributed by atoms with van der Waals surface area (Å²) in [6.07, 6.45) is -3.26. The van der Waals surface area contributed by atoms with E-state index in [1.807, 2.05) is 11.5 Å². The van der Waals surface area contributed by atoms with E-state index < -0.39 is 29.5 Å². The normalized spacial score (nSPS) is 15.2. The fraction of sp³-hybridized carbons (Fsp3) is 0.185. The molecule has 0 atom stereocenters. The molecule has 196 valence electrons. The Morgan fingerprint density at radius 3 is 2.42 bits per heavy atom. The number of hydrogen-bond acceptors (Lipinski definition) is 5. The van der Waals surface area contributed by atoms with Crippen LogP contribution in [-0.4, -0.2) is 34.1 Å². The number of amides is 2. The number of benzene rings is 2. The lowest BCUT2D eigenvalue weighted by atomic mass is 10.1. The van der Waals surface area contributed by atoms with Gasteiger partial charge in [-0.2, -0.15) is 13.2 Å². The van der Waals surface area contributed by atoms with Crippen molar-refractivity contribution in [1.29, 1.82) is 0 Å². The average molecular weight is 542 g/mol. The Bertz CT molecular complexity index is 1510. The van der Waals surface area contributed by atoms with Gasteiger partial charge in [0, 0.05) is 17.1 Å². The number of halogens is 3. The predicted molar refractivity (Wildman–Crippen MR) is 139 cm³/mol. The van der Waals surface area contributed by atoms with Gasteiger partial charge in [0.05, 0.1) is 23.4 Å². The average Bonchev–Trinajstić information content (AvgIpc) is 3.14. The van der Waals surface area contributed by atoms with Crippen LogP contribution in [-0.2, 0) is 20.5 Å². The number of esters is 1. The van der Waals surface area contributed by atoms with Crippen LogP contribution < -0.4 is 10.2 Å². The van der Waals surface area contributed by atoms with Gasteiger partial charge in [-0.05, 0) is 87.1 Å². The van der Waals surface area contributed by atoms with Gasteiger partial charge in [0.2, 0.25) is 0 Å². The second-order valence-electron chi connectivity index (χ2n) is 8.44. The van der Waals surface area contributed by atoms with Crippen LogP contribution in [0.15, 0.2) is 60.2 Å². The minimum Gasteiger partial charge on any atom is -0.462 e. The van der Waals surface area contributed by atoms with Gasteiger partial charge in [-0.25, -0.2) is 4.79 Å². The number of nitrogens with zero attached hydrogens (tertiary/aromatic N) is 2. The maximum absolute atomic E-state index is 13.3. The summed E-state index contributed by atoms with van der Waals surface area (Å²) in [6, 6.07) is 12.7. The van der Waals surface area contributed by atoms with Crippen molar-refractivity contribution < 1.29 is 32.3 Å². The van der Waals surface area contributed by atoms with Crippen molar-refractivity contribution in [3.05, 3.63) is 88.2 Å². The molecule has 0 saturated carbocycles. The molecule has 2 amide bonds. The van der Waals surface area contributed by atoms with E-state index in [4.69, 9.17) is 17.0 Å². The van der Waals surface area contributed by atoms with Crippen molar-refractivity contribution >= 4 is 46.9 Å². The van der Waals surface area contributed by atoms with Crippen molar-refractivity contribution in [3.8, 4) is 5.69 Å². The Balaban J connectivity index is 1.73. The Morgan fingerprint density at radius 2 is 1.74 bits per heavy atom. The molecular weight excluding hydrogens is 519 g/mol. The molecule has 7 nitrogen and oxygen atoms in total. The van der Waals surface area contributed by atoms with Crippen molar-refractivity contribution in [2.75, 3.05) is 11.5 Å². The Kier molecular flexibility index (Phi) is 7.23. The molecule has 0 unspecified atom stereocenters. The fourth-order valence-electron chi connectivity index (χ4n) is 4.19. The van der Waals surface area contributed by atoms with Gasteiger partial charge in [0.25, 0.3) is 11.8 Å². The molecule has 11 heteroatoms. The van der Waals surface area contributed by atoms with E-state index in [1.165, 1.54) is 12.1 Å². The molecule has 2 aromatic carbocycles. The molecule has 1 N–H and O–H groups in total. The molecule has 3 aromatic rings. The fourth-order valence-corrected chi connectivity index (χ4v) is 4.47. The van der Waals surface area contributed by atoms with Gasteiger partial charge >= 0.3 is 12.1 Å². The lowest BCUT2D eigenvalue weighted by molar-refractivity contribution is -0.137. The van der Waals surface area contributed by atoms with E-state index in [2.05, 4.69) is 5.32 Å². The highest BCUT2D eigenvalue weighted by Gasteiger charge is 2.37. The standard InChI is InChI=1S/C27H22F3N3O4S/c1-4-37-25(36)17-7-5-9-20(12-17)32-15(2)11-18(16(32)3)13-22-23(34)31-26(38)33(24(22)35)21-10-6-8-19(14-21)27(28,29)30/h5-14H,4H2,1-3H3,(H,31,34,38)/b22-13+. The topological polar surface area (TPSA) is 80.6 Å². The molecule has 38 heavy (non-hydrogen) atoms. The number of rotatable bonds is 5. The van der Waals surface area contributed by atoms with Crippen molar-refractivity contribution in [2.45, 2.75) is 26.9 Å². The van der Waals surface area contributed by atoms with Crippen LogP contribution in [0.3, 0.4) is 0 Å². The summed E-state index contributed by atoms with van der Waals surface area (Å²) >= 11 is 5.11. The third kappa shape index (κ3) is 5.10. The number of alkyl halides is 3. The van der Waals surface area contributed by atoms with Crippen LogP contribution in [0.2, 0.25) is 0 Å². The molecule has 4 rings (SSSR count). The second kappa shape index (κ2) is 10.3. The highest BCUT2D eigenvalue weighted by Crippen LogP contribution is 2.33. The zero-order chi connectivity index (χ0) is 27.8. The van der Waals surface area contributed by atoms with Crippen LogP contribution in [0.1, 0.15) is 39.8 Å². The number of carbonyl (C=O) groups is 3. The number of thiocarbonyl (C=S) groups is 1. The highest BCUT2D eigenvalue weighted by atomic mass is 32.1. The van der Waals surface area contributed by atoms with E-state index in [9.17, 15) is 27.6 Å². The van der Waals surface area contributed by atoms with Crippen LogP contribution in [0.4, 0.5) is 18.9 Å². The van der Waals surface area contributed by atoms with E-state index in [0.29, 0.717) is 22.5 Å². The van der Waals surface area contributed by atoms with E-state index in [0.717, 1.165) is 28.8 Å². The number of ether oxygens (including phenoxy) is 1. The quantitative estimate of drug-likeness (QED) is 0.210. The molecule has 0 spiro atoms. The van der Waals surface area contributed by atoms with Crippen LogP contribution >= 0.6 is 12.2 Å². The Hall–Kier alpha value is -4.25. The van der Waals surface area contributed by atoms with Crippen LogP contribution in [0.25, 0.3) is 11.8 Å². The number of nitrogens with one attached hydrogen (secondary N) is 1. The number of hydrogen-bond donors (Lipinski definition) is 1. The summed E-state index contributed by atoms with van der Waals surface area (Å²) in [5, 5.41) is 2.06. The monoisotopic (exact) mass is 541 g/mol. The first-order valence-corrected chi connectivity index (χ1v) is 11.9. The Morgan fingerprint density at radius 1 is 1.05 bits per heavy atom. The summed E-state index contributed by atoms with van der Waals surface area (Å²) < 4.78 is 46.6. The minimum atomic E-state index is -4.62. The van der Waals surface area contributed by atoms with Gasteiger partial charge in [0.15, 0.2) is 5.11 Å². The first kappa shape index (κ1) is 26.8. The summed E-state index contributed by atoms with van der Waals surface area (Å²) in [7, 11) is 0. The molecular formula is C27H22F3N3O4S. The zero-order valence-electron chi connectivity index (χ0n) is 20.6. The first-order chi connectivity index (χ1) is 17.9. The maximum atomic E-state index is 13.3. The van der Waals surface area contributed by atoms with Gasteiger partial charge in [-0.3, -0.25) is 19.8 Å². The number of carbonyl (C=O) groups excluding carboxylic acids is 3. The zero-order valence-corrected chi connectivity index (χ0v) is 21.4. The van der Waals surface area contributed by atoms with E-state index in [1.54, 1.807) is 44.2 Å². The van der Waals surface area contributed by atoms with E-state index >= 15 is 0 Å². The van der Waals surface area contributed by atoms with Crippen molar-refractivity contribution in [1.82, 2.24) is 9.88 Å². The molecule has 0 aliphatic carbocycles. The molecule has 1 aliphatic heterocycles. The van der Waals surface area contributed by atoms with E-state index in [-0.39, 0.29) is 23.0 Å². The largest absolute Gasteiger partial charge is 0.462 e. The minimum absolute atomic E-state index is 0.123. The predicted octanol–water partition coefficient (Wildman–Crippen LogP) is 5.12. The van der Waals surface area contributed by atoms with Crippen LogP contribution in [0.5, 0.6) is 0 Å². The lowest BCUT2D eigenvalue weighted by Gasteiger charge is -2.29. The van der Waals surface area contributed by atoms with Gasteiger partial charge in [-0.1, -0.05) is 12.1 Å². The van der Waals surface area contributed by atoms with Gasteiger partial charge in [0.1, 0.15) is 5.57 Å². The summed E-state index contributed by atoms with van der Waals surface area (Å²) in [5.74, 6) is -2.08. The summed E-state index contributed by atoms with van der Waals surface area (Å²) in [6.45, 7) is 5.54. The summed E-state index contributed by atoms with van der Waals surface area (Å²) in [4.78, 5) is 39.1. The number of aromatic nitrogens is 1. The van der Waals surface area contributed by atoms with Crippen molar-refractivity contribution in [3.63, 3.8) is 0 Å². The molecule has 2 heterocycles. The van der Waals surface area contributed by atoms with Gasteiger partial charge in [-0.15, -0.1) is 0 Å². The molecule has 1 aliphatic rings. The number of aryl methyl sites for hydroxylation is 1. The maximum Gasteiger partial charge on any atom is 0.416 e. The Labute approximate surface area is 221 Å². The first-order valence-electron chi connectivity index (χ1n) is 11.5. The third-order valence-corrected chi connectivity index (χ3v) is 6.20. The van der Waals surface area contributed by atoms with Crippen LogP contribution in [0, 0.1) is 13.8 Å².